The highest BCUT2D eigenvalue weighted by Gasteiger charge is 2.25. The van der Waals surface area contributed by atoms with Gasteiger partial charge in [0.2, 0.25) is 0 Å². The average Bonchev–Trinajstić information content (AvgIpc) is 3.21. The standard InChI is InChI=1S/C25H28N6O2/c1-30(2)18-9-11-31(12-10-18)24-21-22-19(14-17(15-26-22)25(32)33-3)27-23(21)28-20(29-24)13-16-7-5-4-6-8-16/h4-8,14-15,18H,9-13H2,1-3H3,(H,27,28,29). The highest BCUT2D eigenvalue weighted by atomic mass is 16.5. The molecule has 5 rings (SSSR count). The molecule has 4 heterocycles. The number of hydrogen-bond acceptors (Lipinski definition) is 7. The highest BCUT2D eigenvalue weighted by Crippen LogP contribution is 2.33. The number of benzene rings is 1. The number of hydrogen-bond donors (Lipinski definition) is 1. The van der Waals surface area contributed by atoms with E-state index in [1.54, 1.807) is 12.3 Å². The van der Waals surface area contributed by atoms with Gasteiger partial charge >= 0.3 is 5.97 Å². The van der Waals surface area contributed by atoms with Crippen LogP contribution < -0.4 is 4.90 Å². The van der Waals surface area contributed by atoms with Gasteiger partial charge in [0.25, 0.3) is 0 Å². The van der Waals surface area contributed by atoms with Crippen LogP contribution in [0.5, 0.6) is 0 Å². The molecule has 0 unspecified atom stereocenters. The third kappa shape index (κ3) is 4.14. The minimum absolute atomic E-state index is 0.405. The second-order valence-electron chi connectivity index (χ2n) is 8.77. The molecule has 0 spiro atoms. The zero-order chi connectivity index (χ0) is 22.9. The lowest BCUT2D eigenvalue weighted by Crippen LogP contribution is -2.42. The number of nitrogens with zero attached hydrogens (tertiary/aromatic N) is 5. The van der Waals surface area contributed by atoms with Crippen molar-refractivity contribution in [3.05, 3.63) is 59.5 Å². The molecule has 170 valence electrons. The van der Waals surface area contributed by atoms with Crippen LogP contribution in [-0.2, 0) is 11.2 Å². The van der Waals surface area contributed by atoms with Crippen LogP contribution in [0.15, 0.2) is 42.6 Å². The van der Waals surface area contributed by atoms with Gasteiger partial charge in [-0.15, -0.1) is 0 Å². The number of fused-ring (bicyclic) bond motifs is 3. The van der Waals surface area contributed by atoms with E-state index in [1.807, 2.05) is 18.2 Å². The summed E-state index contributed by atoms with van der Waals surface area (Å²) in [5.41, 5.74) is 3.83. The van der Waals surface area contributed by atoms with Crippen LogP contribution in [0.2, 0.25) is 0 Å². The summed E-state index contributed by atoms with van der Waals surface area (Å²) in [4.78, 5) is 34.5. The van der Waals surface area contributed by atoms with Crippen LogP contribution in [0, 0.1) is 0 Å². The molecule has 0 bridgehead atoms. The highest BCUT2D eigenvalue weighted by molar-refractivity contribution is 6.10. The Morgan fingerprint density at radius 2 is 1.94 bits per heavy atom. The molecule has 0 radical (unpaired) electrons. The SMILES string of the molecule is COC(=O)c1cnc2c(c1)[nH]c1nc(Cc3ccccc3)nc(N3CCC(N(C)C)CC3)c12. The number of nitrogens with one attached hydrogen (secondary N) is 1. The molecule has 1 N–H and O–H groups in total. The number of anilines is 1. The second-order valence-corrected chi connectivity index (χ2v) is 8.77. The molecule has 0 saturated carbocycles. The topological polar surface area (TPSA) is 87.2 Å². The average molecular weight is 445 g/mol. The summed E-state index contributed by atoms with van der Waals surface area (Å²) < 4.78 is 4.86. The second kappa shape index (κ2) is 8.78. The lowest BCUT2D eigenvalue weighted by Gasteiger charge is -2.36. The maximum Gasteiger partial charge on any atom is 0.339 e. The van der Waals surface area contributed by atoms with Crippen LogP contribution >= 0.6 is 0 Å². The fourth-order valence-corrected chi connectivity index (χ4v) is 4.60. The number of carbonyl (C=O) groups is 1. The summed E-state index contributed by atoms with van der Waals surface area (Å²) >= 11 is 0. The minimum Gasteiger partial charge on any atom is -0.465 e. The maximum atomic E-state index is 12.0. The minimum atomic E-state index is -0.412. The molecule has 0 amide bonds. The first kappa shape index (κ1) is 21.3. The van der Waals surface area contributed by atoms with Crippen LogP contribution in [0.1, 0.15) is 34.6 Å². The molecule has 1 aliphatic rings. The predicted octanol–water partition coefficient (Wildman–Crippen LogP) is 3.41. The molecule has 3 aromatic heterocycles. The summed E-state index contributed by atoms with van der Waals surface area (Å²) in [6.45, 7) is 1.85. The number of aromatic nitrogens is 4. The van der Waals surface area contributed by atoms with Gasteiger partial charge < -0.3 is 19.5 Å². The van der Waals surface area contributed by atoms with E-state index >= 15 is 0 Å². The summed E-state index contributed by atoms with van der Waals surface area (Å²) in [5.74, 6) is 1.26. The Balaban J connectivity index is 1.61. The largest absolute Gasteiger partial charge is 0.465 e. The Kier molecular flexibility index (Phi) is 5.68. The van der Waals surface area contributed by atoms with Crippen LogP contribution in [0.3, 0.4) is 0 Å². The smallest absolute Gasteiger partial charge is 0.339 e. The zero-order valence-electron chi connectivity index (χ0n) is 19.2. The van der Waals surface area contributed by atoms with Crippen molar-refractivity contribution >= 4 is 33.9 Å². The van der Waals surface area contributed by atoms with Gasteiger partial charge in [0.05, 0.1) is 23.6 Å². The van der Waals surface area contributed by atoms with Gasteiger partial charge in [0.15, 0.2) is 0 Å². The third-order valence-electron chi connectivity index (χ3n) is 6.43. The molecule has 8 nitrogen and oxygen atoms in total. The molecule has 0 atom stereocenters. The van der Waals surface area contributed by atoms with Gasteiger partial charge in [-0.3, -0.25) is 4.98 Å². The van der Waals surface area contributed by atoms with Gasteiger partial charge in [-0.2, -0.15) is 0 Å². The first-order valence-corrected chi connectivity index (χ1v) is 11.3. The quantitative estimate of drug-likeness (QED) is 0.472. The molecule has 1 aliphatic heterocycles. The third-order valence-corrected chi connectivity index (χ3v) is 6.43. The van der Waals surface area contributed by atoms with Gasteiger partial charge in [-0.25, -0.2) is 14.8 Å². The normalized spacial score (nSPS) is 15.0. The van der Waals surface area contributed by atoms with Crippen molar-refractivity contribution in [3.63, 3.8) is 0 Å². The van der Waals surface area contributed by atoms with Crippen molar-refractivity contribution in [2.24, 2.45) is 0 Å². The molecule has 1 saturated heterocycles. The van der Waals surface area contributed by atoms with Gasteiger partial charge in [0.1, 0.15) is 22.8 Å². The van der Waals surface area contributed by atoms with Gasteiger partial charge in [-0.1, -0.05) is 30.3 Å². The van der Waals surface area contributed by atoms with E-state index in [4.69, 9.17) is 14.7 Å². The van der Waals surface area contributed by atoms with Gasteiger partial charge in [0, 0.05) is 31.7 Å². The van der Waals surface area contributed by atoms with E-state index in [9.17, 15) is 4.79 Å². The van der Waals surface area contributed by atoms with Crippen LogP contribution in [0.4, 0.5) is 5.82 Å². The summed E-state index contributed by atoms with van der Waals surface area (Å²) in [5, 5.41) is 0.904. The lowest BCUT2D eigenvalue weighted by molar-refractivity contribution is 0.0600. The molecule has 4 aromatic rings. The van der Waals surface area contributed by atoms with E-state index in [0.29, 0.717) is 18.0 Å². The Labute approximate surface area is 192 Å². The molecule has 8 heteroatoms. The van der Waals surface area contributed by atoms with E-state index < -0.39 is 5.97 Å². The Morgan fingerprint density at radius 1 is 1.18 bits per heavy atom. The first-order chi connectivity index (χ1) is 16.0. The number of pyridine rings is 1. The number of methoxy groups -OCH3 is 1. The van der Waals surface area contributed by atoms with Crippen molar-refractivity contribution in [1.82, 2.24) is 24.8 Å². The summed E-state index contributed by atoms with van der Waals surface area (Å²) in [6.07, 6.45) is 4.36. The van der Waals surface area contributed by atoms with Crippen LogP contribution in [-0.4, -0.2) is 71.1 Å². The van der Waals surface area contributed by atoms with Crippen molar-refractivity contribution in [2.45, 2.75) is 25.3 Å². The molecular weight excluding hydrogens is 416 g/mol. The lowest BCUT2D eigenvalue weighted by atomic mass is 10.0. The summed E-state index contributed by atoms with van der Waals surface area (Å²) in [7, 11) is 5.65. The van der Waals surface area contributed by atoms with E-state index in [0.717, 1.165) is 65.2 Å². The van der Waals surface area contributed by atoms with Crippen molar-refractivity contribution in [1.29, 1.82) is 0 Å². The van der Waals surface area contributed by atoms with Gasteiger partial charge in [-0.05, 0) is 38.6 Å². The molecular formula is C25H28N6O2. The number of ether oxygens (including phenoxy) is 1. The van der Waals surface area contributed by atoms with Crippen molar-refractivity contribution in [2.75, 3.05) is 39.2 Å². The van der Waals surface area contributed by atoms with Crippen LogP contribution in [0.25, 0.3) is 22.1 Å². The summed E-state index contributed by atoms with van der Waals surface area (Å²) in [6, 6.07) is 12.6. The zero-order valence-corrected chi connectivity index (χ0v) is 19.2. The predicted molar refractivity (Wildman–Crippen MR) is 129 cm³/mol. The fraction of sp³-hybridized carbons (Fsp3) is 0.360. The van der Waals surface area contributed by atoms with Crippen molar-refractivity contribution < 1.29 is 9.53 Å². The number of aromatic amines is 1. The number of rotatable bonds is 5. The molecule has 1 fully saturated rings. The van der Waals surface area contributed by atoms with E-state index in [1.165, 1.54) is 7.11 Å². The van der Waals surface area contributed by atoms with E-state index in [2.05, 4.69) is 46.0 Å². The number of esters is 1. The van der Waals surface area contributed by atoms with E-state index in [-0.39, 0.29) is 0 Å². The monoisotopic (exact) mass is 444 g/mol. The molecule has 33 heavy (non-hydrogen) atoms. The van der Waals surface area contributed by atoms with Crippen molar-refractivity contribution in [3.8, 4) is 0 Å². The fourth-order valence-electron chi connectivity index (χ4n) is 4.60. The maximum absolute atomic E-state index is 12.0. The molecule has 1 aromatic carbocycles. The number of carbonyl (C=O) groups excluding carboxylic acids is 1. The number of piperidine rings is 1. The molecule has 0 aliphatic carbocycles. The Bertz CT molecular complexity index is 1290. The Morgan fingerprint density at radius 3 is 2.64 bits per heavy atom. The number of H-pyrrole nitrogens is 1. The Hall–Kier alpha value is -3.52. The first-order valence-electron chi connectivity index (χ1n) is 11.3.